The number of carbonyl (C=O) groups is 2. The number of ketones is 2. The topological polar surface area (TPSA) is 180 Å². The van der Waals surface area contributed by atoms with E-state index in [9.17, 15) is 30.0 Å². The van der Waals surface area contributed by atoms with Crippen LogP contribution in [-0.2, 0) is 42.7 Å². The van der Waals surface area contributed by atoms with Crippen LogP contribution in [-0.4, -0.2) is 143 Å². The quantitative estimate of drug-likeness (QED) is 0.308. The Morgan fingerprint density at radius 2 is 1.45 bits per heavy atom. The summed E-state index contributed by atoms with van der Waals surface area (Å²) < 4.78 is 44.3. The standard InChI is InChI=1S/C40H60O13/c1-19-11-26-7-9-29-20(2)12-25(48-29)6-5-22(42)15-33-35(45)39-40(53-33)36(46)38-30(52-39)10-8-27(50-38)13-23(43)14-28-32(17-31(49-26)21(19)3)51-34(37(28)47-4)16-24(44)18-41/h19,24-41,44-46H,2-3,5-18H2,1,4H3/t19-,24?,25?,26?,27?,28?,29?,30?,31?,32?,33+,34?,35?,36?,37-,38+,39+,40?/m1/s1. The average Bonchev–Trinajstić information content (AvgIpc) is 3.76. The fraction of sp³-hybridized carbons (Fsp3) is 0.850. The van der Waals surface area contributed by atoms with Crippen LogP contribution in [0.5, 0.6) is 0 Å². The third kappa shape index (κ3) is 8.56. The normalized spacial score (nSPS) is 47.7. The minimum Gasteiger partial charge on any atom is -0.394 e. The molecule has 0 saturated carbocycles. The SMILES string of the molecule is C=C1CC2CCC(=O)C[C@@H]3OC4C(O)[C@H]5OC(CCC5O[C@H]4C3O)CC(=O)CC3C(CC4OC(CCC1O2)C[C@@H](C)C4=C)OC(CC(O)CO)[C@@H]3OC. The summed E-state index contributed by atoms with van der Waals surface area (Å²) in [6.07, 6.45) is -3.55. The highest BCUT2D eigenvalue weighted by Gasteiger charge is 2.57. The minimum atomic E-state index is -1.10. The van der Waals surface area contributed by atoms with Gasteiger partial charge in [-0.1, -0.05) is 20.1 Å². The van der Waals surface area contributed by atoms with Gasteiger partial charge in [0.15, 0.2) is 0 Å². The molecule has 18 atom stereocenters. The van der Waals surface area contributed by atoms with Gasteiger partial charge in [-0.2, -0.15) is 0 Å². The number of methoxy groups -OCH3 is 1. The monoisotopic (exact) mass is 748 g/mol. The Kier molecular flexibility index (Phi) is 12.6. The van der Waals surface area contributed by atoms with Gasteiger partial charge in [-0.05, 0) is 62.0 Å². The van der Waals surface area contributed by atoms with Crippen molar-refractivity contribution in [1.82, 2.24) is 0 Å². The molecule has 13 heteroatoms. The van der Waals surface area contributed by atoms with Crippen LogP contribution >= 0.6 is 0 Å². The van der Waals surface area contributed by atoms with Gasteiger partial charge < -0.3 is 53.6 Å². The summed E-state index contributed by atoms with van der Waals surface area (Å²) in [5, 5.41) is 42.6. The fourth-order valence-corrected chi connectivity index (χ4v) is 10.1. The molecule has 298 valence electrons. The molecule has 7 aliphatic heterocycles. The van der Waals surface area contributed by atoms with E-state index in [0.29, 0.717) is 32.1 Å². The van der Waals surface area contributed by atoms with Gasteiger partial charge in [0.2, 0.25) is 0 Å². The van der Waals surface area contributed by atoms with Crippen LogP contribution in [0.15, 0.2) is 24.3 Å². The first-order valence-corrected chi connectivity index (χ1v) is 19.9. The van der Waals surface area contributed by atoms with Crippen molar-refractivity contribution < 1.29 is 63.2 Å². The van der Waals surface area contributed by atoms with Crippen LogP contribution in [0.2, 0.25) is 0 Å². The third-order valence-electron chi connectivity index (χ3n) is 13.1. The van der Waals surface area contributed by atoms with Gasteiger partial charge in [-0.3, -0.25) is 9.59 Å². The van der Waals surface area contributed by atoms with E-state index in [1.807, 2.05) is 0 Å². The Bertz CT molecular complexity index is 1340. The van der Waals surface area contributed by atoms with E-state index >= 15 is 0 Å². The minimum absolute atomic E-state index is 0.00643. The van der Waals surface area contributed by atoms with Gasteiger partial charge in [-0.15, -0.1) is 0 Å². The molecule has 0 aromatic heterocycles. The van der Waals surface area contributed by atoms with Gasteiger partial charge >= 0.3 is 0 Å². The molecule has 8 bridgehead atoms. The van der Waals surface area contributed by atoms with Gasteiger partial charge in [0.1, 0.15) is 42.1 Å². The zero-order valence-electron chi connectivity index (χ0n) is 31.2. The maximum atomic E-state index is 13.9. The zero-order valence-corrected chi connectivity index (χ0v) is 31.2. The van der Waals surface area contributed by atoms with Crippen LogP contribution in [0.25, 0.3) is 0 Å². The second-order valence-electron chi connectivity index (χ2n) is 16.8. The molecule has 0 radical (unpaired) electrons. The van der Waals surface area contributed by atoms with Crippen molar-refractivity contribution in [3.63, 3.8) is 0 Å². The molecule has 7 fully saturated rings. The number of aliphatic hydroxyl groups excluding tert-OH is 4. The molecule has 13 nitrogen and oxygen atoms in total. The summed E-state index contributed by atoms with van der Waals surface area (Å²) in [4.78, 5) is 27.0. The molecule has 0 amide bonds. The number of aliphatic hydroxyl groups is 4. The second kappa shape index (κ2) is 16.9. The maximum Gasteiger partial charge on any atom is 0.135 e. The first-order valence-electron chi connectivity index (χ1n) is 19.9. The molecule has 13 unspecified atom stereocenters. The number of hydrogen-bond donors (Lipinski definition) is 4. The Labute approximate surface area is 312 Å². The lowest BCUT2D eigenvalue weighted by atomic mass is 9.81. The second-order valence-corrected chi connectivity index (χ2v) is 16.8. The van der Waals surface area contributed by atoms with Crippen molar-refractivity contribution in [1.29, 1.82) is 0 Å². The Morgan fingerprint density at radius 3 is 2.23 bits per heavy atom. The highest BCUT2D eigenvalue weighted by atomic mass is 16.6. The average molecular weight is 749 g/mol. The molecular weight excluding hydrogens is 688 g/mol. The first-order chi connectivity index (χ1) is 25.4. The number of ether oxygens (including phenoxy) is 7. The molecule has 7 aliphatic rings. The lowest BCUT2D eigenvalue weighted by molar-refractivity contribution is -0.259. The van der Waals surface area contributed by atoms with Crippen molar-refractivity contribution in [2.75, 3.05) is 13.7 Å². The largest absolute Gasteiger partial charge is 0.394 e. The summed E-state index contributed by atoms with van der Waals surface area (Å²) in [6.45, 7) is 10.4. The maximum absolute atomic E-state index is 13.9. The predicted octanol–water partition coefficient (Wildman–Crippen LogP) is 2.27. The number of hydrogen-bond acceptors (Lipinski definition) is 13. The molecular formula is C40H60O13. The van der Waals surface area contributed by atoms with Crippen LogP contribution < -0.4 is 0 Å². The molecule has 53 heavy (non-hydrogen) atoms. The van der Waals surface area contributed by atoms with Gasteiger partial charge in [-0.25, -0.2) is 0 Å². The first kappa shape index (κ1) is 39.6. The molecule has 0 aromatic carbocycles. The molecule has 0 spiro atoms. The van der Waals surface area contributed by atoms with Crippen molar-refractivity contribution in [3.05, 3.63) is 24.3 Å². The molecule has 0 aromatic rings. The Morgan fingerprint density at radius 1 is 0.736 bits per heavy atom. The van der Waals surface area contributed by atoms with Crippen LogP contribution in [0.4, 0.5) is 0 Å². The smallest absolute Gasteiger partial charge is 0.135 e. The molecule has 7 rings (SSSR count). The molecule has 4 N–H and O–H groups in total. The number of carbonyl (C=O) groups excluding carboxylic acids is 2. The van der Waals surface area contributed by atoms with E-state index in [0.717, 1.165) is 30.4 Å². The highest BCUT2D eigenvalue weighted by Crippen LogP contribution is 2.43. The van der Waals surface area contributed by atoms with Crippen LogP contribution in [0.1, 0.15) is 90.4 Å². The summed E-state index contributed by atoms with van der Waals surface area (Å²) >= 11 is 0. The van der Waals surface area contributed by atoms with Crippen molar-refractivity contribution in [2.45, 2.75) is 188 Å². The highest BCUT2D eigenvalue weighted by molar-refractivity contribution is 5.79. The van der Waals surface area contributed by atoms with Gasteiger partial charge in [0.25, 0.3) is 0 Å². The summed E-state index contributed by atoms with van der Waals surface area (Å²) in [5.74, 6) is -0.221. The van der Waals surface area contributed by atoms with E-state index in [-0.39, 0.29) is 79.9 Å². The van der Waals surface area contributed by atoms with E-state index in [1.54, 1.807) is 7.11 Å². The van der Waals surface area contributed by atoms with Crippen molar-refractivity contribution in [2.24, 2.45) is 11.8 Å². The van der Waals surface area contributed by atoms with E-state index in [2.05, 4.69) is 20.1 Å². The van der Waals surface area contributed by atoms with Crippen LogP contribution in [0, 0.1) is 11.8 Å². The summed E-state index contributed by atoms with van der Waals surface area (Å²) in [7, 11) is 1.58. The van der Waals surface area contributed by atoms with Crippen molar-refractivity contribution in [3.8, 4) is 0 Å². The van der Waals surface area contributed by atoms with Gasteiger partial charge in [0.05, 0.1) is 73.8 Å². The van der Waals surface area contributed by atoms with Crippen LogP contribution in [0.3, 0.4) is 0 Å². The molecule has 7 heterocycles. The molecule has 0 aliphatic carbocycles. The van der Waals surface area contributed by atoms with E-state index in [4.69, 9.17) is 33.2 Å². The fourth-order valence-electron chi connectivity index (χ4n) is 10.1. The Hall–Kier alpha value is -1.62. The number of Topliss-reactive ketones (excluding diaryl/α,β-unsaturated/α-hetero) is 2. The lowest BCUT2D eigenvalue weighted by Crippen LogP contribution is -2.61. The van der Waals surface area contributed by atoms with E-state index < -0.39 is 79.9 Å². The summed E-state index contributed by atoms with van der Waals surface area (Å²) in [6, 6.07) is 0. The van der Waals surface area contributed by atoms with E-state index in [1.165, 1.54) is 0 Å². The summed E-state index contributed by atoms with van der Waals surface area (Å²) in [5.41, 5.74) is 2.00. The van der Waals surface area contributed by atoms with Gasteiger partial charge in [0, 0.05) is 51.6 Å². The number of fused-ring (bicyclic) bond motifs is 7. The number of rotatable bonds is 4. The predicted molar refractivity (Wildman–Crippen MR) is 189 cm³/mol. The third-order valence-corrected chi connectivity index (χ3v) is 13.1. The zero-order chi connectivity index (χ0) is 37.6. The Balaban J connectivity index is 1.11. The molecule has 7 saturated heterocycles. The van der Waals surface area contributed by atoms with Crippen molar-refractivity contribution >= 4 is 11.6 Å². The lowest BCUT2D eigenvalue weighted by Gasteiger charge is -2.46.